The Labute approximate surface area is 161 Å². The number of imide groups is 1. The Morgan fingerprint density at radius 2 is 1.93 bits per heavy atom. The maximum atomic E-state index is 13.1. The van der Waals surface area contributed by atoms with E-state index < -0.39 is 11.9 Å². The molecule has 7 heteroatoms. The largest absolute Gasteiger partial charge is 0.487 e. The van der Waals surface area contributed by atoms with Crippen LogP contribution in [0, 0.1) is 11.3 Å². The zero-order valence-corrected chi connectivity index (χ0v) is 15.0. The third-order valence-electron chi connectivity index (χ3n) is 4.99. The van der Waals surface area contributed by atoms with Crippen LogP contribution in [0.4, 0.5) is 0 Å². The predicted molar refractivity (Wildman–Crippen MR) is 98.0 cm³/mol. The first kappa shape index (κ1) is 17.7. The molecular formula is C21H17N3O4. The zero-order chi connectivity index (χ0) is 19.7. The minimum Gasteiger partial charge on any atom is -0.487 e. The smallest absolute Gasteiger partial charge is 0.259 e. The van der Waals surface area contributed by atoms with Crippen molar-refractivity contribution < 1.29 is 19.1 Å². The number of amides is 3. The Balaban J connectivity index is 1.64. The lowest BCUT2D eigenvalue weighted by molar-refractivity contribution is -0.136. The molecule has 140 valence electrons. The molecule has 2 aliphatic heterocycles. The summed E-state index contributed by atoms with van der Waals surface area (Å²) in [7, 11) is 0. The predicted octanol–water partition coefficient (Wildman–Crippen LogP) is 1.90. The highest BCUT2D eigenvalue weighted by atomic mass is 16.5. The van der Waals surface area contributed by atoms with Crippen LogP contribution in [0.1, 0.15) is 39.9 Å². The van der Waals surface area contributed by atoms with Crippen LogP contribution in [-0.4, -0.2) is 28.7 Å². The minimum atomic E-state index is -0.704. The zero-order valence-electron chi connectivity index (χ0n) is 15.0. The SMILES string of the molecule is N#Cc1ccc2c(c1OCc1ccccc1)C(=O)N(C1CCC(=O)NC1=O)C2. The Bertz CT molecular complexity index is 1010. The molecule has 1 saturated heterocycles. The molecular weight excluding hydrogens is 358 g/mol. The van der Waals surface area contributed by atoms with Gasteiger partial charge in [-0.25, -0.2) is 0 Å². The second-order valence-electron chi connectivity index (χ2n) is 6.76. The van der Waals surface area contributed by atoms with Crippen LogP contribution < -0.4 is 10.1 Å². The topological polar surface area (TPSA) is 99.5 Å². The molecule has 2 aromatic rings. The molecule has 0 bridgehead atoms. The molecule has 0 spiro atoms. The van der Waals surface area contributed by atoms with Gasteiger partial charge in [0.15, 0.2) is 5.75 Å². The van der Waals surface area contributed by atoms with Crippen molar-refractivity contribution in [2.75, 3.05) is 0 Å². The van der Waals surface area contributed by atoms with Crippen LogP contribution in [0.5, 0.6) is 5.75 Å². The molecule has 1 fully saturated rings. The van der Waals surface area contributed by atoms with Gasteiger partial charge in [0.1, 0.15) is 18.7 Å². The Morgan fingerprint density at radius 3 is 2.64 bits per heavy atom. The lowest BCUT2D eigenvalue weighted by Gasteiger charge is -2.29. The van der Waals surface area contributed by atoms with Crippen molar-refractivity contribution >= 4 is 17.7 Å². The van der Waals surface area contributed by atoms with Gasteiger partial charge in [-0.3, -0.25) is 19.7 Å². The van der Waals surface area contributed by atoms with E-state index in [2.05, 4.69) is 11.4 Å². The van der Waals surface area contributed by atoms with E-state index in [1.54, 1.807) is 12.1 Å². The highest BCUT2D eigenvalue weighted by Crippen LogP contribution is 2.36. The van der Waals surface area contributed by atoms with Crippen LogP contribution in [0.2, 0.25) is 0 Å². The Morgan fingerprint density at radius 1 is 1.14 bits per heavy atom. The van der Waals surface area contributed by atoms with Gasteiger partial charge in [-0.15, -0.1) is 0 Å². The quantitative estimate of drug-likeness (QED) is 0.823. The van der Waals surface area contributed by atoms with E-state index in [1.165, 1.54) is 4.90 Å². The highest BCUT2D eigenvalue weighted by molar-refractivity contribution is 6.06. The molecule has 0 aromatic heterocycles. The number of rotatable bonds is 4. The second-order valence-corrected chi connectivity index (χ2v) is 6.76. The van der Waals surface area contributed by atoms with Crippen molar-refractivity contribution in [3.8, 4) is 11.8 Å². The molecule has 2 heterocycles. The maximum absolute atomic E-state index is 13.1. The van der Waals surface area contributed by atoms with Gasteiger partial charge in [-0.1, -0.05) is 36.4 Å². The molecule has 28 heavy (non-hydrogen) atoms. The number of hydrogen-bond acceptors (Lipinski definition) is 5. The summed E-state index contributed by atoms with van der Waals surface area (Å²) in [5.74, 6) is -0.915. The lowest BCUT2D eigenvalue weighted by atomic mass is 10.0. The third-order valence-corrected chi connectivity index (χ3v) is 4.99. The van der Waals surface area contributed by atoms with Crippen LogP contribution in [-0.2, 0) is 22.7 Å². The second kappa shape index (κ2) is 7.16. The average molecular weight is 375 g/mol. The van der Waals surface area contributed by atoms with Crippen LogP contribution in [0.3, 0.4) is 0 Å². The monoisotopic (exact) mass is 375 g/mol. The Hall–Kier alpha value is -3.66. The number of hydrogen-bond donors (Lipinski definition) is 1. The fourth-order valence-electron chi connectivity index (χ4n) is 3.59. The molecule has 1 unspecified atom stereocenters. The van der Waals surface area contributed by atoms with Crippen molar-refractivity contribution in [3.05, 3.63) is 64.7 Å². The van der Waals surface area contributed by atoms with Gasteiger partial charge in [-0.2, -0.15) is 5.26 Å². The third kappa shape index (κ3) is 3.09. The summed E-state index contributed by atoms with van der Waals surface area (Å²) in [4.78, 5) is 38.1. The lowest BCUT2D eigenvalue weighted by Crippen LogP contribution is -2.52. The van der Waals surface area contributed by atoms with Crippen molar-refractivity contribution in [2.45, 2.75) is 32.0 Å². The molecule has 0 aliphatic carbocycles. The standard InChI is InChI=1S/C21H17N3O4/c22-10-14-6-7-15-11-24(16-8-9-17(25)23-20(16)26)21(27)18(15)19(14)28-12-13-4-2-1-3-5-13/h1-7,16H,8-9,11-12H2,(H,23,25,26). The summed E-state index contributed by atoms with van der Waals surface area (Å²) >= 11 is 0. The van der Waals surface area contributed by atoms with Crippen molar-refractivity contribution in [2.24, 2.45) is 0 Å². The van der Waals surface area contributed by atoms with E-state index in [4.69, 9.17) is 4.74 Å². The highest BCUT2D eigenvalue weighted by Gasteiger charge is 2.41. The molecule has 1 atom stereocenters. The fourth-order valence-corrected chi connectivity index (χ4v) is 3.59. The van der Waals surface area contributed by atoms with Gasteiger partial charge in [0, 0.05) is 13.0 Å². The number of fused-ring (bicyclic) bond motifs is 1. The van der Waals surface area contributed by atoms with Gasteiger partial charge in [0.25, 0.3) is 5.91 Å². The van der Waals surface area contributed by atoms with E-state index in [-0.39, 0.29) is 49.1 Å². The molecule has 3 amide bonds. The minimum absolute atomic E-state index is 0.192. The summed E-state index contributed by atoms with van der Waals surface area (Å²) < 4.78 is 5.88. The molecule has 1 N–H and O–H groups in total. The fraction of sp³-hybridized carbons (Fsp3) is 0.238. The van der Waals surface area contributed by atoms with Crippen molar-refractivity contribution in [1.29, 1.82) is 5.26 Å². The summed E-state index contributed by atoms with van der Waals surface area (Å²) in [6.07, 6.45) is 0.479. The van der Waals surface area contributed by atoms with Crippen LogP contribution in [0.25, 0.3) is 0 Å². The summed E-state index contributed by atoms with van der Waals surface area (Å²) in [5, 5.41) is 11.7. The van der Waals surface area contributed by atoms with E-state index in [9.17, 15) is 19.6 Å². The summed E-state index contributed by atoms with van der Waals surface area (Å²) in [6, 6.07) is 14.2. The first-order valence-electron chi connectivity index (χ1n) is 8.96. The number of benzene rings is 2. The number of nitrogens with one attached hydrogen (secondary N) is 1. The van der Waals surface area contributed by atoms with Crippen LogP contribution >= 0.6 is 0 Å². The Kier molecular flexibility index (Phi) is 4.53. The van der Waals surface area contributed by atoms with E-state index >= 15 is 0 Å². The molecule has 0 saturated carbocycles. The molecule has 4 rings (SSSR count). The molecule has 2 aliphatic rings. The first-order chi connectivity index (χ1) is 13.6. The van der Waals surface area contributed by atoms with E-state index in [0.29, 0.717) is 11.1 Å². The molecule has 7 nitrogen and oxygen atoms in total. The van der Waals surface area contributed by atoms with Gasteiger partial charge >= 0.3 is 0 Å². The first-order valence-corrected chi connectivity index (χ1v) is 8.96. The van der Waals surface area contributed by atoms with E-state index in [0.717, 1.165) is 5.56 Å². The molecule has 0 radical (unpaired) electrons. The number of nitriles is 1. The number of carbonyl (C=O) groups excluding carboxylic acids is 3. The normalized spacial score (nSPS) is 18.5. The number of ether oxygens (including phenoxy) is 1. The van der Waals surface area contributed by atoms with E-state index in [1.807, 2.05) is 30.3 Å². The maximum Gasteiger partial charge on any atom is 0.259 e. The van der Waals surface area contributed by atoms with Gasteiger partial charge in [0.05, 0.1) is 11.1 Å². The average Bonchev–Trinajstić information content (AvgIpc) is 3.03. The summed E-state index contributed by atoms with van der Waals surface area (Å²) in [5.41, 5.74) is 2.21. The summed E-state index contributed by atoms with van der Waals surface area (Å²) in [6.45, 7) is 0.464. The number of carbonyl (C=O) groups is 3. The number of piperidine rings is 1. The van der Waals surface area contributed by atoms with Gasteiger partial charge in [0.2, 0.25) is 11.8 Å². The van der Waals surface area contributed by atoms with Gasteiger partial charge in [-0.05, 0) is 23.6 Å². The van der Waals surface area contributed by atoms with Crippen molar-refractivity contribution in [3.63, 3.8) is 0 Å². The molecule has 2 aromatic carbocycles. The van der Waals surface area contributed by atoms with Crippen LogP contribution in [0.15, 0.2) is 42.5 Å². The van der Waals surface area contributed by atoms with Gasteiger partial charge < -0.3 is 9.64 Å². The van der Waals surface area contributed by atoms with Crippen molar-refractivity contribution in [1.82, 2.24) is 10.2 Å². The number of nitrogens with zero attached hydrogens (tertiary/aromatic N) is 2.